The second-order valence-electron chi connectivity index (χ2n) is 9.31. The topological polar surface area (TPSA) is 101 Å². The maximum absolute atomic E-state index is 13.8. The Bertz CT molecular complexity index is 1200. The largest absolute Gasteiger partial charge is 0.493 e. The molecule has 1 aliphatic rings. The van der Waals surface area contributed by atoms with Gasteiger partial charge in [0.1, 0.15) is 9.84 Å². The first-order valence-electron chi connectivity index (χ1n) is 12.9. The lowest BCUT2D eigenvalue weighted by molar-refractivity contribution is 0.0781. The number of methoxy groups -OCH3 is 2. The van der Waals surface area contributed by atoms with Crippen LogP contribution in [0.2, 0.25) is 0 Å². The third-order valence-electron chi connectivity index (χ3n) is 6.74. The molecule has 0 bridgehead atoms. The number of sulfone groups is 1. The number of amides is 1. The lowest BCUT2D eigenvalue weighted by Gasteiger charge is -2.30. The zero-order chi connectivity index (χ0) is 27.9. The number of benzene rings is 2. The van der Waals surface area contributed by atoms with E-state index in [1.165, 1.54) is 6.26 Å². The summed E-state index contributed by atoms with van der Waals surface area (Å²) in [6.45, 7) is 7.67. The van der Waals surface area contributed by atoms with Crippen molar-refractivity contribution in [3.8, 4) is 28.7 Å². The van der Waals surface area contributed by atoms with Crippen molar-refractivity contribution in [1.82, 2.24) is 4.90 Å². The molecule has 3 rings (SSSR count). The molecular formula is C28H39NO8S. The Morgan fingerprint density at radius 1 is 0.895 bits per heavy atom. The third-order valence-corrected chi connectivity index (χ3v) is 7.69. The van der Waals surface area contributed by atoms with Crippen LogP contribution in [0.25, 0.3) is 0 Å². The molecule has 1 atom stereocenters. The maximum atomic E-state index is 13.8. The molecular weight excluding hydrogens is 510 g/mol. The van der Waals surface area contributed by atoms with E-state index in [-0.39, 0.29) is 11.7 Å². The summed E-state index contributed by atoms with van der Waals surface area (Å²) in [6, 6.07) is 9.00. The number of ether oxygens (including phenoxy) is 5. The fourth-order valence-electron chi connectivity index (χ4n) is 4.87. The molecule has 1 fully saturated rings. The normalized spacial score (nSPS) is 17.3. The van der Waals surface area contributed by atoms with Gasteiger partial charge in [-0.05, 0) is 63.4 Å². The smallest absolute Gasteiger partial charge is 0.254 e. The minimum Gasteiger partial charge on any atom is -0.493 e. The SMILES string of the molecule is CCOc1cc(C(=O)N2CCC(CCS(C)(=O)=O)(c3ccc(OC)c(OC)c3)C2)cc(OCC)c1OCC. The first kappa shape index (κ1) is 29.4. The molecule has 0 spiro atoms. The minimum absolute atomic E-state index is 0.00933. The van der Waals surface area contributed by atoms with E-state index in [9.17, 15) is 13.2 Å². The van der Waals surface area contributed by atoms with Gasteiger partial charge in [-0.15, -0.1) is 0 Å². The predicted molar refractivity (Wildman–Crippen MR) is 146 cm³/mol. The first-order chi connectivity index (χ1) is 18.1. The quantitative estimate of drug-likeness (QED) is 0.368. The molecule has 38 heavy (non-hydrogen) atoms. The van der Waals surface area contributed by atoms with Crippen molar-refractivity contribution >= 4 is 15.7 Å². The van der Waals surface area contributed by atoms with Gasteiger partial charge in [-0.2, -0.15) is 0 Å². The van der Waals surface area contributed by atoms with Crippen molar-refractivity contribution in [3.63, 3.8) is 0 Å². The molecule has 210 valence electrons. The van der Waals surface area contributed by atoms with Crippen LogP contribution in [0.5, 0.6) is 28.7 Å². The van der Waals surface area contributed by atoms with E-state index < -0.39 is 15.3 Å². The van der Waals surface area contributed by atoms with Crippen molar-refractivity contribution in [2.75, 3.05) is 59.1 Å². The van der Waals surface area contributed by atoms with Gasteiger partial charge in [0.2, 0.25) is 5.75 Å². The molecule has 1 aliphatic heterocycles. The minimum atomic E-state index is -3.22. The molecule has 1 amide bonds. The van der Waals surface area contributed by atoms with Crippen LogP contribution in [0.1, 0.15) is 49.5 Å². The fourth-order valence-corrected chi connectivity index (χ4v) is 5.63. The predicted octanol–water partition coefficient (Wildman–Crippen LogP) is 4.12. The van der Waals surface area contributed by atoms with Gasteiger partial charge in [0.05, 0.1) is 39.8 Å². The molecule has 10 heteroatoms. The number of carbonyl (C=O) groups is 1. The van der Waals surface area contributed by atoms with Crippen LogP contribution in [-0.4, -0.2) is 78.4 Å². The lowest BCUT2D eigenvalue weighted by Crippen LogP contribution is -2.36. The van der Waals surface area contributed by atoms with Crippen LogP contribution >= 0.6 is 0 Å². The summed E-state index contributed by atoms with van der Waals surface area (Å²) >= 11 is 0. The molecule has 0 radical (unpaired) electrons. The summed E-state index contributed by atoms with van der Waals surface area (Å²) in [5.41, 5.74) is 0.770. The summed E-state index contributed by atoms with van der Waals surface area (Å²) in [7, 11) is -0.0878. The zero-order valence-corrected chi connectivity index (χ0v) is 24.0. The van der Waals surface area contributed by atoms with Crippen molar-refractivity contribution in [2.24, 2.45) is 0 Å². The highest BCUT2D eigenvalue weighted by Gasteiger charge is 2.42. The van der Waals surface area contributed by atoms with Gasteiger partial charge in [0.25, 0.3) is 5.91 Å². The van der Waals surface area contributed by atoms with Crippen LogP contribution in [0.4, 0.5) is 0 Å². The van der Waals surface area contributed by atoms with Crippen LogP contribution in [-0.2, 0) is 15.3 Å². The second kappa shape index (κ2) is 12.6. The summed E-state index contributed by atoms with van der Waals surface area (Å²) < 4.78 is 52.5. The Labute approximate surface area is 225 Å². The van der Waals surface area contributed by atoms with Crippen molar-refractivity contribution in [3.05, 3.63) is 41.5 Å². The Balaban J connectivity index is 2.00. The Kier molecular flexibility index (Phi) is 9.76. The number of likely N-dealkylation sites (tertiary alicyclic amines) is 1. The first-order valence-corrected chi connectivity index (χ1v) is 14.9. The molecule has 1 heterocycles. The van der Waals surface area contributed by atoms with Gasteiger partial charge < -0.3 is 28.6 Å². The summed E-state index contributed by atoms with van der Waals surface area (Å²) in [5.74, 6) is 2.34. The van der Waals surface area contributed by atoms with Crippen molar-refractivity contribution < 1.29 is 36.9 Å². The monoisotopic (exact) mass is 549 g/mol. The van der Waals surface area contributed by atoms with E-state index in [0.717, 1.165) is 5.56 Å². The van der Waals surface area contributed by atoms with E-state index in [1.54, 1.807) is 31.3 Å². The highest BCUT2D eigenvalue weighted by molar-refractivity contribution is 7.90. The Morgan fingerprint density at radius 2 is 1.50 bits per heavy atom. The Hall–Kier alpha value is -3.14. The molecule has 0 aromatic heterocycles. The van der Waals surface area contributed by atoms with Crippen LogP contribution in [0.3, 0.4) is 0 Å². The summed E-state index contributed by atoms with van der Waals surface area (Å²) in [5, 5.41) is 0. The highest BCUT2D eigenvalue weighted by atomic mass is 32.2. The van der Waals surface area contributed by atoms with E-state index in [4.69, 9.17) is 23.7 Å². The molecule has 0 saturated carbocycles. The number of rotatable bonds is 13. The van der Waals surface area contributed by atoms with Crippen molar-refractivity contribution in [1.29, 1.82) is 0 Å². The van der Waals surface area contributed by atoms with Crippen LogP contribution < -0.4 is 23.7 Å². The fraction of sp³-hybridized carbons (Fsp3) is 0.536. The van der Waals surface area contributed by atoms with Gasteiger partial charge in [-0.25, -0.2) is 8.42 Å². The van der Waals surface area contributed by atoms with Gasteiger partial charge in [0.15, 0.2) is 23.0 Å². The van der Waals surface area contributed by atoms with E-state index in [2.05, 4.69) is 0 Å². The summed E-state index contributed by atoms with van der Waals surface area (Å²) in [4.78, 5) is 15.5. The number of hydrogen-bond acceptors (Lipinski definition) is 8. The standard InChI is InChI=1S/C28H39NO8S/c1-7-35-24-16-20(17-25(36-8-2)26(24)37-9-3)27(30)29-14-12-28(19-29,13-15-38(6,31)32)21-10-11-22(33-4)23(18-21)34-5/h10-11,16-18H,7-9,12-15,19H2,1-6H3. The molecule has 9 nitrogen and oxygen atoms in total. The van der Waals surface area contributed by atoms with E-state index in [1.807, 2.05) is 39.0 Å². The second-order valence-corrected chi connectivity index (χ2v) is 11.6. The molecule has 2 aromatic rings. The van der Waals surface area contributed by atoms with Gasteiger partial charge in [-0.1, -0.05) is 6.07 Å². The zero-order valence-electron chi connectivity index (χ0n) is 23.2. The molecule has 1 unspecified atom stereocenters. The average molecular weight is 550 g/mol. The maximum Gasteiger partial charge on any atom is 0.254 e. The number of nitrogens with zero attached hydrogens (tertiary/aromatic N) is 1. The van der Waals surface area contributed by atoms with Gasteiger partial charge in [-0.3, -0.25) is 4.79 Å². The van der Waals surface area contributed by atoms with Crippen molar-refractivity contribution in [2.45, 2.75) is 39.0 Å². The van der Waals surface area contributed by atoms with Crippen LogP contribution in [0.15, 0.2) is 30.3 Å². The molecule has 2 aromatic carbocycles. The van der Waals surface area contributed by atoms with E-state index in [0.29, 0.717) is 80.1 Å². The molecule has 0 aliphatic carbocycles. The average Bonchev–Trinajstić information content (AvgIpc) is 3.34. The highest BCUT2D eigenvalue weighted by Crippen LogP contribution is 2.43. The Morgan fingerprint density at radius 3 is 2.03 bits per heavy atom. The molecule has 1 saturated heterocycles. The van der Waals surface area contributed by atoms with Crippen LogP contribution in [0, 0.1) is 0 Å². The summed E-state index contributed by atoms with van der Waals surface area (Å²) in [6.07, 6.45) is 2.22. The van der Waals surface area contributed by atoms with Gasteiger partial charge in [0, 0.05) is 30.3 Å². The lowest BCUT2D eigenvalue weighted by atomic mass is 9.77. The third kappa shape index (κ3) is 6.64. The number of hydrogen-bond donors (Lipinski definition) is 0. The molecule has 0 N–H and O–H groups in total. The number of carbonyl (C=O) groups excluding carboxylic acids is 1. The van der Waals surface area contributed by atoms with E-state index >= 15 is 0 Å². The van der Waals surface area contributed by atoms with Gasteiger partial charge >= 0.3 is 0 Å².